The van der Waals surface area contributed by atoms with Crippen LogP contribution in [0.15, 0.2) is 35.3 Å². The van der Waals surface area contributed by atoms with Gasteiger partial charge in [0.05, 0.1) is 0 Å². The van der Waals surface area contributed by atoms with Crippen LogP contribution < -0.4 is 0 Å². The monoisotopic (exact) mass is 220 g/mol. The molecular formula is C11H9ClN2O. The summed E-state index contributed by atoms with van der Waals surface area (Å²) in [6.45, 7) is 5.54. The molecule has 1 heterocycles. The van der Waals surface area contributed by atoms with Gasteiger partial charge < -0.3 is 4.42 Å². The molecule has 15 heavy (non-hydrogen) atoms. The van der Waals surface area contributed by atoms with Crippen molar-refractivity contribution in [3.8, 4) is 11.5 Å². The molecule has 1 aromatic heterocycles. The molecule has 0 fully saturated rings. The van der Waals surface area contributed by atoms with Crippen LogP contribution in [0, 0.1) is 0 Å². The highest BCUT2D eigenvalue weighted by Crippen LogP contribution is 2.22. The molecular weight excluding hydrogens is 212 g/mol. The number of benzene rings is 1. The van der Waals surface area contributed by atoms with Gasteiger partial charge in [0.2, 0.25) is 11.8 Å². The summed E-state index contributed by atoms with van der Waals surface area (Å²) in [6.07, 6.45) is 0. The molecule has 0 N–H and O–H groups in total. The number of halogens is 1. The Morgan fingerprint density at radius 2 is 2.20 bits per heavy atom. The van der Waals surface area contributed by atoms with Crippen molar-refractivity contribution in [3.63, 3.8) is 0 Å². The van der Waals surface area contributed by atoms with Gasteiger partial charge in [-0.3, -0.25) is 0 Å². The third-order valence-corrected chi connectivity index (χ3v) is 2.10. The van der Waals surface area contributed by atoms with Crippen LogP contribution >= 0.6 is 11.6 Å². The second-order valence-electron chi connectivity index (χ2n) is 3.20. The van der Waals surface area contributed by atoms with Crippen molar-refractivity contribution >= 4 is 17.2 Å². The van der Waals surface area contributed by atoms with Crippen molar-refractivity contribution in [2.24, 2.45) is 0 Å². The number of hydrogen-bond donors (Lipinski definition) is 0. The van der Waals surface area contributed by atoms with Gasteiger partial charge >= 0.3 is 0 Å². The summed E-state index contributed by atoms with van der Waals surface area (Å²) in [5.74, 6) is 0.903. The number of allylic oxidation sites excluding steroid dienone is 1. The summed E-state index contributed by atoms with van der Waals surface area (Å²) in [4.78, 5) is 0. The highest BCUT2D eigenvalue weighted by molar-refractivity contribution is 6.30. The minimum absolute atomic E-state index is 0.449. The molecule has 0 spiro atoms. The molecule has 2 rings (SSSR count). The number of hydrogen-bond acceptors (Lipinski definition) is 3. The SMILES string of the molecule is C=C(C)c1nnc(-c2cccc(Cl)c2)o1. The Balaban J connectivity index is 2.41. The number of aromatic nitrogens is 2. The molecule has 0 radical (unpaired) electrons. The van der Waals surface area contributed by atoms with Crippen LogP contribution in [-0.2, 0) is 0 Å². The fraction of sp³-hybridized carbons (Fsp3) is 0.0909. The lowest BCUT2D eigenvalue weighted by Gasteiger charge is -1.94. The van der Waals surface area contributed by atoms with E-state index in [9.17, 15) is 0 Å². The Labute approximate surface area is 92.4 Å². The van der Waals surface area contributed by atoms with E-state index in [1.807, 2.05) is 19.1 Å². The van der Waals surface area contributed by atoms with Crippen molar-refractivity contribution < 1.29 is 4.42 Å². The first-order valence-electron chi connectivity index (χ1n) is 4.42. The molecule has 0 amide bonds. The maximum absolute atomic E-state index is 5.86. The Hall–Kier alpha value is -1.61. The first kappa shape index (κ1) is 9.93. The summed E-state index contributed by atoms with van der Waals surface area (Å²) in [6, 6.07) is 7.27. The predicted octanol–water partition coefficient (Wildman–Crippen LogP) is 3.42. The van der Waals surface area contributed by atoms with E-state index >= 15 is 0 Å². The Morgan fingerprint density at radius 3 is 2.80 bits per heavy atom. The van der Waals surface area contributed by atoms with E-state index in [1.54, 1.807) is 12.1 Å². The number of nitrogens with zero attached hydrogens (tertiary/aromatic N) is 2. The molecule has 0 aliphatic rings. The smallest absolute Gasteiger partial charge is 0.248 e. The molecule has 3 nitrogen and oxygen atoms in total. The maximum Gasteiger partial charge on any atom is 0.248 e. The standard InChI is InChI=1S/C11H9ClN2O/c1-7(2)10-13-14-11(15-10)8-4-3-5-9(12)6-8/h3-6H,1H2,2H3. The van der Waals surface area contributed by atoms with Gasteiger partial charge in [-0.05, 0) is 25.1 Å². The number of rotatable bonds is 2. The predicted molar refractivity (Wildman–Crippen MR) is 59.5 cm³/mol. The van der Waals surface area contributed by atoms with Gasteiger partial charge in [-0.25, -0.2) is 0 Å². The second kappa shape index (κ2) is 3.87. The van der Waals surface area contributed by atoms with Gasteiger partial charge in [0.25, 0.3) is 0 Å². The Kier molecular flexibility index (Phi) is 2.56. The van der Waals surface area contributed by atoms with E-state index in [1.165, 1.54) is 0 Å². The van der Waals surface area contributed by atoms with Crippen molar-refractivity contribution in [3.05, 3.63) is 41.8 Å². The molecule has 0 saturated carbocycles. The average Bonchev–Trinajstić information content (AvgIpc) is 2.66. The minimum atomic E-state index is 0.449. The molecule has 0 unspecified atom stereocenters. The zero-order valence-corrected chi connectivity index (χ0v) is 8.95. The zero-order chi connectivity index (χ0) is 10.8. The van der Waals surface area contributed by atoms with Crippen molar-refractivity contribution in [2.45, 2.75) is 6.92 Å². The summed E-state index contributed by atoms with van der Waals surface area (Å²) in [7, 11) is 0. The maximum atomic E-state index is 5.86. The third kappa shape index (κ3) is 2.07. The third-order valence-electron chi connectivity index (χ3n) is 1.86. The molecule has 0 atom stereocenters. The lowest BCUT2D eigenvalue weighted by molar-refractivity contribution is 0.553. The highest BCUT2D eigenvalue weighted by Gasteiger charge is 2.08. The lowest BCUT2D eigenvalue weighted by Crippen LogP contribution is -1.77. The molecule has 0 aliphatic carbocycles. The molecule has 2 aromatic rings. The van der Waals surface area contributed by atoms with E-state index < -0.39 is 0 Å². The van der Waals surface area contributed by atoms with E-state index in [-0.39, 0.29) is 0 Å². The zero-order valence-electron chi connectivity index (χ0n) is 8.20. The summed E-state index contributed by atoms with van der Waals surface area (Å²) < 4.78 is 5.41. The van der Waals surface area contributed by atoms with Gasteiger partial charge in [0.15, 0.2) is 0 Å². The molecule has 0 aliphatic heterocycles. The van der Waals surface area contributed by atoms with Gasteiger partial charge in [0.1, 0.15) is 0 Å². The summed E-state index contributed by atoms with van der Waals surface area (Å²) in [5.41, 5.74) is 1.55. The summed E-state index contributed by atoms with van der Waals surface area (Å²) in [5, 5.41) is 8.42. The van der Waals surface area contributed by atoms with E-state index in [0.29, 0.717) is 16.8 Å². The first-order valence-corrected chi connectivity index (χ1v) is 4.80. The molecule has 4 heteroatoms. The minimum Gasteiger partial charge on any atom is -0.417 e. The molecule has 76 valence electrons. The molecule has 0 bridgehead atoms. The Morgan fingerprint density at radius 1 is 1.40 bits per heavy atom. The van der Waals surface area contributed by atoms with Crippen LogP contribution in [-0.4, -0.2) is 10.2 Å². The fourth-order valence-corrected chi connectivity index (χ4v) is 1.32. The lowest BCUT2D eigenvalue weighted by atomic mass is 10.2. The van der Waals surface area contributed by atoms with E-state index in [2.05, 4.69) is 16.8 Å². The second-order valence-corrected chi connectivity index (χ2v) is 3.64. The van der Waals surface area contributed by atoms with Crippen LogP contribution in [0.3, 0.4) is 0 Å². The molecule has 1 aromatic carbocycles. The van der Waals surface area contributed by atoms with Crippen molar-refractivity contribution in [1.29, 1.82) is 0 Å². The van der Waals surface area contributed by atoms with Gasteiger partial charge in [-0.2, -0.15) is 0 Å². The van der Waals surface area contributed by atoms with E-state index in [0.717, 1.165) is 11.1 Å². The normalized spacial score (nSPS) is 10.3. The van der Waals surface area contributed by atoms with Crippen LogP contribution in [0.2, 0.25) is 5.02 Å². The van der Waals surface area contributed by atoms with Gasteiger partial charge in [-0.15, -0.1) is 10.2 Å². The van der Waals surface area contributed by atoms with Crippen molar-refractivity contribution in [1.82, 2.24) is 10.2 Å². The van der Waals surface area contributed by atoms with Crippen LogP contribution in [0.25, 0.3) is 17.0 Å². The highest BCUT2D eigenvalue weighted by atomic mass is 35.5. The molecule has 0 saturated heterocycles. The first-order chi connectivity index (χ1) is 7.16. The van der Waals surface area contributed by atoms with Gasteiger partial charge in [0, 0.05) is 16.2 Å². The largest absolute Gasteiger partial charge is 0.417 e. The van der Waals surface area contributed by atoms with Gasteiger partial charge in [-0.1, -0.05) is 24.2 Å². The quantitative estimate of drug-likeness (QED) is 0.779. The average molecular weight is 221 g/mol. The van der Waals surface area contributed by atoms with Crippen molar-refractivity contribution in [2.75, 3.05) is 0 Å². The topological polar surface area (TPSA) is 38.9 Å². The van der Waals surface area contributed by atoms with E-state index in [4.69, 9.17) is 16.0 Å². The summed E-state index contributed by atoms with van der Waals surface area (Å²) >= 11 is 5.86. The fourth-order valence-electron chi connectivity index (χ4n) is 1.13. The van der Waals surface area contributed by atoms with Crippen LogP contribution in [0.1, 0.15) is 12.8 Å². The Bertz CT molecular complexity index is 505. The van der Waals surface area contributed by atoms with Crippen LogP contribution in [0.4, 0.5) is 0 Å². The van der Waals surface area contributed by atoms with Crippen LogP contribution in [0.5, 0.6) is 0 Å².